The van der Waals surface area contributed by atoms with Crippen molar-refractivity contribution in [2.45, 2.75) is 19.0 Å². The van der Waals surface area contributed by atoms with Gasteiger partial charge in [-0.1, -0.05) is 48.5 Å². The predicted molar refractivity (Wildman–Crippen MR) is 87.6 cm³/mol. The summed E-state index contributed by atoms with van der Waals surface area (Å²) in [7, 11) is 1.90. The van der Waals surface area contributed by atoms with Gasteiger partial charge in [-0.05, 0) is 30.2 Å². The molecule has 0 radical (unpaired) electrons. The highest BCUT2D eigenvalue weighted by Crippen LogP contribution is 2.46. The van der Waals surface area contributed by atoms with Crippen molar-refractivity contribution in [1.82, 2.24) is 4.90 Å². The van der Waals surface area contributed by atoms with Gasteiger partial charge in [0.05, 0.1) is 5.92 Å². The van der Waals surface area contributed by atoms with Crippen LogP contribution in [-0.2, 0) is 11.3 Å². The van der Waals surface area contributed by atoms with Crippen molar-refractivity contribution in [2.75, 3.05) is 18.5 Å². The Balaban J connectivity index is 1.71. The zero-order valence-electron chi connectivity index (χ0n) is 12.8. The largest absolute Gasteiger partial charge is 0.315 e. The van der Waals surface area contributed by atoms with E-state index in [9.17, 15) is 4.79 Å². The van der Waals surface area contributed by atoms with E-state index in [1.165, 1.54) is 11.1 Å². The van der Waals surface area contributed by atoms with Gasteiger partial charge in [-0.3, -0.25) is 9.69 Å². The molecular weight excluding hydrogens is 272 g/mol. The number of carbonyl (C=O) groups is 1. The normalized spacial score (nSPS) is 24.2. The van der Waals surface area contributed by atoms with E-state index >= 15 is 0 Å². The Morgan fingerprint density at radius 1 is 1.05 bits per heavy atom. The van der Waals surface area contributed by atoms with Gasteiger partial charge < -0.3 is 4.90 Å². The number of anilines is 1. The van der Waals surface area contributed by atoms with Crippen molar-refractivity contribution in [2.24, 2.45) is 5.92 Å². The number of likely N-dealkylation sites (tertiary alicyclic amines) is 1. The highest BCUT2D eigenvalue weighted by atomic mass is 16.2. The lowest BCUT2D eigenvalue weighted by molar-refractivity contribution is -0.123. The molecule has 2 aromatic rings. The maximum absolute atomic E-state index is 12.7. The Labute approximate surface area is 131 Å². The van der Waals surface area contributed by atoms with Crippen LogP contribution in [0.1, 0.15) is 23.6 Å². The number of para-hydroxylation sites is 1. The Bertz CT molecular complexity index is 698. The fourth-order valence-electron chi connectivity index (χ4n) is 3.93. The van der Waals surface area contributed by atoms with Gasteiger partial charge in [0.2, 0.25) is 5.91 Å². The summed E-state index contributed by atoms with van der Waals surface area (Å²) in [6.45, 7) is 1.89. The molecule has 1 fully saturated rings. The van der Waals surface area contributed by atoms with Gasteiger partial charge in [0.1, 0.15) is 0 Å². The minimum absolute atomic E-state index is 0.101. The zero-order chi connectivity index (χ0) is 15.1. The van der Waals surface area contributed by atoms with Crippen molar-refractivity contribution in [3.63, 3.8) is 0 Å². The second kappa shape index (κ2) is 5.25. The minimum Gasteiger partial charge on any atom is -0.315 e. The zero-order valence-corrected chi connectivity index (χ0v) is 12.8. The molecule has 3 nitrogen and oxygen atoms in total. The number of carbonyl (C=O) groups excluding carboxylic acids is 1. The molecule has 0 unspecified atom stereocenters. The first-order valence-electron chi connectivity index (χ1n) is 7.90. The van der Waals surface area contributed by atoms with Crippen LogP contribution in [0.4, 0.5) is 5.69 Å². The maximum atomic E-state index is 12.7. The van der Waals surface area contributed by atoms with E-state index in [0.717, 1.165) is 25.2 Å². The summed E-state index contributed by atoms with van der Waals surface area (Å²) < 4.78 is 0. The summed E-state index contributed by atoms with van der Waals surface area (Å²) >= 11 is 0. The van der Waals surface area contributed by atoms with Gasteiger partial charge in [-0.15, -0.1) is 0 Å². The van der Waals surface area contributed by atoms with Gasteiger partial charge >= 0.3 is 0 Å². The van der Waals surface area contributed by atoms with Crippen molar-refractivity contribution >= 4 is 11.6 Å². The molecule has 2 aromatic carbocycles. The number of hydrogen-bond acceptors (Lipinski definition) is 2. The van der Waals surface area contributed by atoms with E-state index in [4.69, 9.17) is 0 Å². The number of rotatable bonds is 2. The average molecular weight is 292 g/mol. The monoisotopic (exact) mass is 292 g/mol. The third kappa shape index (κ3) is 2.04. The Hall–Kier alpha value is -2.13. The topological polar surface area (TPSA) is 23.6 Å². The van der Waals surface area contributed by atoms with Crippen LogP contribution in [0.5, 0.6) is 0 Å². The summed E-state index contributed by atoms with van der Waals surface area (Å²) in [5.74, 6) is 0.364. The molecule has 0 N–H and O–H groups in total. The molecule has 112 valence electrons. The SMILES string of the molecule is CN1C(=O)[C@@H]2CCN(Cc3ccccc3)[C@@H]2c2ccccc21. The summed E-state index contributed by atoms with van der Waals surface area (Å²) in [4.78, 5) is 17.0. The Morgan fingerprint density at radius 2 is 1.77 bits per heavy atom. The Morgan fingerprint density at radius 3 is 2.59 bits per heavy atom. The second-order valence-corrected chi connectivity index (χ2v) is 6.25. The molecule has 0 spiro atoms. The van der Waals surface area contributed by atoms with E-state index in [1.54, 1.807) is 0 Å². The van der Waals surface area contributed by atoms with Crippen LogP contribution in [0.15, 0.2) is 54.6 Å². The van der Waals surface area contributed by atoms with Gasteiger partial charge in [-0.25, -0.2) is 0 Å². The molecule has 3 heteroatoms. The molecule has 2 aliphatic rings. The molecule has 0 aliphatic carbocycles. The summed E-state index contributed by atoms with van der Waals surface area (Å²) in [5.41, 5.74) is 3.67. The lowest BCUT2D eigenvalue weighted by Crippen LogP contribution is -2.41. The first-order valence-corrected chi connectivity index (χ1v) is 7.90. The highest BCUT2D eigenvalue weighted by Gasteiger charge is 2.45. The maximum Gasteiger partial charge on any atom is 0.231 e. The van der Waals surface area contributed by atoms with Crippen LogP contribution in [0.3, 0.4) is 0 Å². The van der Waals surface area contributed by atoms with Crippen LogP contribution in [0, 0.1) is 5.92 Å². The fraction of sp³-hybridized carbons (Fsp3) is 0.316. The van der Waals surface area contributed by atoms with Crippen LogP contribution < -0.4 is 4.90 Å². The van der Waals surface area contributed by atoms with E-state index < -0.39 is 0 Å². The molecule has 2 atom stereocenters. The van der Waals surface area contributed by atoms with E-state index in [0.29, 0.717) is 0 Å². The smallest absolute Gasteiger partial charge is 0.231 e. The number of benzene rings is 2. The van der Waals surface area contributed by atoms with E-state index in [-0.39, 0.29) is 17.9 Å². The van der Waals surface area contributed by atoms with E-state index in [1.807, 2.05) is 24.1 Å². The van der Waals surface area contributed by atoms with Crippen molar-refractivity contribution in [3.8, 4) is 0 Å². The minimum atomic E-state index is 0.101. The number of nitrogens with zero attached hydrogens (tertiary/aromatic N) is 2. The fourth-order valence-corrected chi connectivity index (χ4v) is 3.93. The van der Waals surface area contributed by atoms with Gasteiger partial charge in [-0.2, -0.15) is 0 Å². The summed E-state index contributed by atoms with van der Waals surface area (Å²) in [6, 6.07) is 19.1. The molecular formula is C19H20N2O. The number of amides is 1. The van der Waals surface area contributed by atoms with Crippen molar-refractivity contribution in [1.29, 1.82) is 0 Å². The Kier molecular flexibility index (Phi) is 3.23. The molecule has 22 heavy (non-hydrogen) atoms. The first-order chi connectivity index (χ1) is 10.8. The first kappa shape index (κ1) is 13.5. The standard InChI is InChI=1S/C19H20N2O/c1-20-17-10-6-5-9-15(17)18-16(19(20)22)11-12-21(18)13-14-7-3-2-4-8-14/h2-10,16,18H,11-13H2,1H3/t16-,18-/m1/s1. The summed E-state index contributed by atoms with van der Waals surface area (Å²) in [5, 5.41) is 0. The second-order valence-electron chi connectivity index (χ2n) is 6.25. The average Bonchev–Trinajstić information content (AvgIpc) is 2.97. The molecule has 0 bridgehead atoms. The quantitative estimate of drug-likeness (QED) is 0.848. The molecule has 4 rings (SSSR count). The van der Waals surface area contributed by atoms with Crippen LogP contribution >= 0.6 is 0 Å². The molecule has 0 saturated carbocycles. The third-order valence-corrected chi connectivity index (χ3v) is 4.99. The predicted octanol–water partition coefficient (Wildman–Crippen LogP) is 3.23. The van der Waals surface area contributed by atoms with Crippen molar-refractivity contribution < 1.29 is 4.79 Å². The molecule has 2 heterocycles. The summed E-state index contributed by atoms with van der Waals surface area (Å²) in [6.07, 6.45) is 0.953. The highest BCUT2D eigenvalue weighted by molar-refractivity contribution is 5.98. The lowest BCUT2D eigenvalue weighted by Gasteiger charge is -2.37. The molecule has 1 saturated heterocycles. The third-order valence-electron chi connectivity index (χ3n) is 4.99. The van der Waals surface area contributed by atoms with Gasteiger partial charge in [0, 0.05) is 25.3 Å². The van der Waals surface area contributed by atoms with Crippen LogP contribution in [-0.4, -0.2) is 24.4 Å². The number of hydrogen-bond donors (Lipinski definition) is 0. The van der Waals surface area contributed by atoms with Gasteiger partial charge in [0.15, 0.2) is 0 Å². The van der Waals surface area contributed by atoms with E-state index in [2.05, 4.69) is 47.4 Å². The van der Waals surface area contributed by atoms with Crippen molar-refractivity contribution in [3.05, 3.63) is 65.7 Å². The van der Waals surface area contributed by atoms with Crippen LogP contribution in [0.2, 0.25) is 0 Å². The lowest BCUT2D eigenvalue weighted by atomic mass is 9.87. The molecule has 1 amide bonds. The molecule has 0 aromatic heterocycles. The number of fused-ring (bicyclic) bond motifs is 3. The van der Waals surface area contributed by atoms with Gasteiger partial charge in [0.25, 0.3) is 0 Å². The molecule has 2 aliphatic heterocycles. The van der Waals surface area contributed by atoms with Crippen LogP contribution in [0.25, 0.3) is 0 Å².